The molecule has 0 aliphatic rings. The minimum atomic E-state index is 0.337. The maximum absolute atomic E-state index is 8.72. The van der Waals surface area contributed by atoms with E-state index in [1.54, 1.807) is 0 Å². The van der Waals surface area contributed by atoms with Gasteiger partial charge in [-0.25, -0.2) is 0 Å². The van der Waals surface area contributed by atoms with Crippen molar-refractivity contribution in [1.82, 2.24) is 0 Å². The molecule has 18 heavy (non-hydrogen) atoms. The van der Waals surface area contributed by atoms with E-state index in [4.69, 9.17) is 5.11 Å². The molecule has 0 spiro atoms. The lowest BCUT2D eigenvalue weighted by Gasteiger charge is -2.06. The molecule has 0 heterocycles. The van der Waals surface area contributed by atoms with Crippen molar-refractivity contribution in [1.29, 1.82) is 0 Å². The van der Waals surface area contributed by atoms with Gasteiger partial charge < -0.3 is 5.11 Å². The molecule has 0 radical (unpaired) electrons. The van der Waals surface area contributed by atoms with Gasteiger partial charge >= 0.3 is 0 Å². The van der Waals surface area contributed by atoms with Crippen molar-refractivity contribution in [2.45, 2.75) is 38.5 Å². The molecule has 2 aromatic carbocycles. The third-order valence-electron chi connectivity index (χ3n) is 3.48. The van der Waals surface area contributed by atoms with Gasteiger partial charge in [0.25, 0.3) is 0 Å². The molecular weight excluding hydrogens is 220 g/mol. The average Bonchev–Trinajstić information content (AvgIpc) is 2.43. The van der Waals surface area contributed by atoms with Crippen LogP contribution < -0.4 is 0 Å². The summed E-state index contributed by atoms with van der Waals surface area (Å²) in [6.07, 6.45) is 7.04. The Kier molecular flexibility index (Phi) is 5.22. The van der Waals surface area contributed by atoms with Crippen LogP contribution in [-0.2, 0) is 6.42 Å². The molecule has 0 unspecified atom stereocenters. The summed E-state index contributed by atoms with van der Waals surface area (Å²) in [6, 6.07) is 15.2. The van der Waals surface area contributed by atoms with Crippen molar-refractivity contribution < 1.29 is 5.11 Å². The lowest BCUT2D eigenvalue weighted by molar-refractivity contribution is 0.282. The van der Waals surface area contributed by atoms with E-state index in [-0.39, 0.29) is 0 Å². The first-order valence-electron chi connectivity index (χ1n) is 6.99. The van der Waals surface area contributed by atoms with Crippen molar-refractivity contribution in [2.75, 3.05) is 6.61 Å². The molecule has 0 aliphatic carbocycles. The summed E-state index contributed by atoms with van der Waals surface area (Å²) in [4.78, 5) is 0. The highest BCUT2D eigenvalue weighted by atomic mass is 16.2. The van der Waals surface area contributed by atoms with E-state index in [2.05, 4.69) is 42.5 Å². The van der Waals surface area contributed by atoms with Gasteiger partial charge in [0.2, 0.25) is 0 Å². The third kappa shape index (κ3) is 3.58. The summed E-state index contributed by atoms with van der Waals surface area (Å²) in [5.74, 6) is 0. The molecule has 1 N–H and O–H groups in total. The Morgan fingerprint density at radius 2 is 1.44 bits per heavy atom. The van der Waals surface area contributed by atoms with Crippen LogP contribution in [0, 0.1) is 0 Å². The molecule has 2 aromatic rings. The third-order valence-corrected chi connectivity index (χ3v) is 3.48. The summed E-state index contributed by atoms with van der Waals surface area (Å²) in [6.45, 7) is 0.337. The van der Waals surface area contributed by atoms with Crippen LogP contribution in [0.3, 0.4) is 0 Å². The molecule has 0 bridgehead atoms. The number of fused-ring (bicyclic) bond motifs is 1. The second-order valence-electron chi connectivity index (χ2n) is 4.88. The topological polar surface area (TPSA) is 20.2 Å². The zero-order valence-electron chi connectivity index (χ0n) is 10.9. The second kappa shape index (κ2) is 7.17. The molecule has 0 aliphatic heterocycles. The molecule has 2 rings (SSSR count). The van der Waals surface area contributed by atoms with Gasteiger partial charge in [-0.15, -0.1) is 0 Å². The monoisotopic (exact) mass is 242 g/mol. The number of aliphatic hydroxyl groups excluding tert-OH is 1. The molecule has 0 amide bonds. The fourth-order valence-electron chi connectivity index (χ4n) is 2.47. The van der Waals surface area contributed by atoms with Gasteiger partial charge in [0.05, 0.1) is 0 Å². The molecule has 1 heteroatoms. The first-order chi connectivity index (χ1) is 8.92. The van der Waals surface area contributed by atoms with Crippen LogP contribution in [0.15, 0.2) is 42.5 Å². The maximum atomic E-state index is 8.72. The summed E-state index contributed by atoms with van der Waals surface area (Å²) in [7, 11) is 0. The van der Waals surface area contributed by atoms with E-state index in [0.29, 0.717) is 6.61 Å². The molecule has 0 fully saturated rings. The Morgan fingerprint density at radius 1 is 0.722 bits per heavy atom. The van der Waals surface area contributed by atoms with Crippen molar-refractivity contribution in [3.05, 3.63) is 48.0 Å². The van der Waals surface area contributed by atoms with Gasteiger partial charge in [-0.1, -0.05) is 61.7 Å². The van der Waals surface area contributed by atoms with Crippen LogP contribution in [-0.4, -0.2) is 11.7 Å². The number of hydrogen-bond acceptors (Lipinski definition) is 1. The Hall–Kier alpha value is -1.34. The summed E-state index contributed by atoms with van der Waals surface area (Å²) < 4.78 is 0. The fraction of sp³-hybridized carbons (Fsp3) is 0.412. The zero-order chi connectivity index (χ0) is 12.6. The van der Waals surface area contributed by atoms with E-state index in [1.165, 1.54) is 42.0 Å². The Bertz CT molecular complexity index is 470. The lowest BCUT2D eigenvalue weighted by Crippen LogP contribution is -1.89. The van der Waals surface area contributed by atoms with Crippen molar-refractivity contribution in [3.63, 3.8) is 0 Å². The minimum Gasteiger partial charge on any atom is -0.396 e. The molecule has 1 nitrogen and oxygen atoms in total. The molecular formula is C17H22O. The second-order valence-corrected chi connectivity index (χ2v) is 4.88. The predicted molar refractivity (Wildman–Crippen MR) is 77.8 cm³/mol. The normalized spacial score (nSPS) is 10.9. The molecule has 0 saturated carbocycles. The molecule has 0 atom stereocenters. The van der Waals surface area contributed by atoms with Crippen molar-refractivity contribution >= 4 is 10.8 Å². The van der Waals surface area contributed by atoms with Crippen LogP contribution >= 0.6 is 0 Å². The SMILES string of the molecule is OCCCCCCCc1cccc2ccccc12. The summed E-state index contributed by atoms with van der Waals surface area (Å²) in [5.41, 5.74) is 1.47. The van der Waals surface area contributed by atoms with E-state index < -0.39 is 0 Å². The Balaban J connectivity index is 1.88. The van der Waals surface area contributed by atoms with Gasteiger partial charge in [0.15, 0.2) is 0 Å². The number of hydrogen-bond donors (Lipinski definition) is 1. The van der Waals surface area contributed by atoms with Crippen LogP contribution in [0.25, 0.3) is 10.8 Å². The number of aryl methyl sites for hydroxylation is 1. The first kappa shape index (κ1) is 13.1. The van der Waals surface area contributed by atoms with E-state index in [1.807, 2.05) is 0 Å². The maximum Gasteiger partial charge on any atom is 0.0431 e. The number of rotatable bonds is 7. The van der Waals surface area contributed by atoms with Gasteiger partial charge in [-0.2, -0.15) is 0 Å². The smallest absolute Gasteiger partial charge is 0.0431 e. The summed E-state index contributed by atoms with van der Waals surface area (Å²) in [5, 5.41) is 11.5. The van der Waals surface area contributed by atoms with Gasteiger partial charge in [0, 0.05) is 6.61 Å². The number of benzene rings is 2. The first-order valence-corrected chi connectivity index (χ1v) is 6.99. The largest absolute Gasteiger partial charge is 0.396 e. The Morgan fingerprint density at radius 3 is 2.33 bits per heavy atom. The van der Waals surface area contributed by atoms with Crippen LogP contribution in [0.1, 0.15) is 37.7 Å². The predicted octanol–water partition coefficient (Wildman–Crippen LogP) is 4.33. The van der Waals surface area contributed by atoms with Crippen LogP contribution in [0.5, 0.6) is 0 Å². The van der Waals surface area contributed by atoms with E-state index in [9.17, 15) is 0 Å². The minimum absolute atomic E-state index is 0.337. The van der Waals surface area contributed by atoms with Crippen LogP contribution in [0.4, 0.5) is 0 Å². The zero-order valence-corrected chi connectivity index (χ0v) is 10.9. The average molecular weight is 242 g/mol. The highest BCUT2D eigenvalue weighted by Crippen LogP contribution is 2.20. The van der Waals surface area contributed by atoms with Crippen molar-refractivity contribution in [3.8, 4) is 0 Å². The molecule has 96 valence electrons. The van der Waals surface area contributed by atoms with E-state index >= 15 is 0 Å². The number of aliphatic hydroxyl groups is 1. The Labute approximate surface area is 109 Å². The molecule has 0 saturated heterocycles. The van der Waals surface area contributed by atoms with E-state index in [0.717, 1.165) is 12.8 Å². The van der Waals surface area contributed by atoms with Gasteiger partial charge in [0.1, 0.15) is 0 Å². The highest BCUT2D eigenvalue weighted by Gasteiger charge is 1.99. The quantitative estimate of drug-likeness (QED) is 0.717. The highest BCUT2D eigenvalue weighted by molar-refractivity contribution is 5.85. The fourth-order valence-corrected chi connectivity index (χ4v) is 2.47. The van der Waals surface area contributed by atoms with Gasteiger partial charge in [-0.05, 0) is 35.6 Å². The molecule has 0 aromatic heterocycles. The standard InChI is InChI=1S/C17H22O/c18-14-7-3-1-2-4-9-15-11-8-12-16-10-5-6-13-17(15)16/h5-6,8,10-13,18H,1-4,7,9,14H2. The van der Waals surface area contributed by atoms with Crippen molar-refractivity contribution in [2.24, 2.45) is 0 Å². The van der Waals surface area contributed by atoms with Gasteiger partial charge in [-0.3, -0.25) is 0 Å². The number of unbranched alkanes of at least 4 members (excludes halogenated alkanes) is 4. The van der Waals surface area contributed by atoms with Crippen LogP contribution in [0.2, 0.25) is 0 Å². The summed E-state index contributed by atoms with van der Waals surface area (Å²) >= 11 is 0. The lowest BCUT2D eigenvalue weighted by atomic mass is 9.99.